The predicted molar refractivity (Wildman–Crippen MR) is 135 cm³/mol. The van der Waals surface area contributed by atoms with Crippen LogP contribution in [0.1, 0.15) is 37.7 Å². The summed E-state index contributed by atoms with van der Waals surface area (Å²) in [6.45, 7) is 2.37. The summed E-state index contributed by atoms with van der Waals surface area (Å²) in [4.78, 5) is 25.6. The number of hydrogen-bond donors (Lipinski definition) is 2. The fourth-order valence-corrected chi connectivity index (χ4v) is 5.31. The molecule has 4 rings (SSSR count). The fourth-order valence-electron chi connectivity index (χ4n) is 4.26. The van der Waals surface area contributed by atoms with E-state index in [9.17, 15) is 14.9 Å². The number of carbonyl (C=O) groups excluding carboxylic acids is 2. The van der Waals surface area contributed by atoms with Crippen LogP contribution < -0.4 is 15.4 Å². The third-order valence-electron chi connectivity index (χ3n) is 5.65. The van der Waals surface area contributed by atoms with Gasteiger partial charge in [0, 0.05) is 34.0 Å². The second-order valence-corrected chi connectivity index (χ2v) is 9.32. The van der Waals surface area contributed by atoms with Gasteiger partial charge in [-0.05, 0) is 44.0 Å². The molecule has 0 unspecified atom stereocenters. The molecule has 0 spiro atoms. The van der Waals surface area contributed by atoms with Gasteiger partial charge in [-0.15, -0.1) is 0 Å². The van der Waals surface area contributed by atoms with Crippen LogP contribution in [0.4, 0.5) is 5.69 Å². The summed E-state index contributed by atoms with van der Waals surface area (Å²) in [5.41, 5.74) is 3.26. The summed E-state index contributed by atoms with van der Waals surface area (Å²) in [5.74, 6) is 0.0366. The molecule has 34 heavy (non-hydrogen) atoms. The van der Waals surface area contributed by atoms with E-state index in [4.69, 9.17) is 16.3 Å². The Labute approximate surface area is 208 Å². The standard InChI is InChI=1S/C26H24ClN3O3S/c1-2-33-22-12-4-3-9-18(22)24-19(14-28)26(30-20-10-6-11-21(31)25(20)24)34-15-23(32)29-17-8-5-7-16(27)13-17/h3-5,7-9,12-13,24,30H,2,6,10-11,15H2,1H3,(H,29,32)/t24-/m0/s1. The number of amides is 1. The lowest BCUT2D eigenvalue weighted by atomic mass is 9.76. The minimum absolute atomic E-state index is 0.0422. The van der Waals surface area contributed by atoms with Crippen molar-refractivity contribution in [3.05, 3.63) is 81.0 Å². The monoisotopic (exact) mass is 493 g/mol. The van der Waals surface area contributed by atoms with Crippen molar-refractivity contribution in [3.63, 3.8) is 0 Å². The van der Waals surface area contributed by atoms with E-state index in [0.29, 0.717) is 52.1 Å². The molecule has 0 aromatic heterocycles. The van der Waals surface area contributed by atoms with Gasteiger partial charge in [0.25, 0.3) is 0 Å². The normalized spacial score (nSPS) is 17.6. The number of thioether (sulfide) groups is 1. The summed E-state index contributed by atoms with van der Waals surface area (Å²) in [5, 5.41) is 17.4. The lowest BCUT2D eigenvalue weighted by Gasteiger charge is -2.33. The van der Waals surface area contributed by atoms with Crippen molar-refractivity contribution >= 4 is 40.7 Å². The van der Waals surface area contributed by atoms with Gasteiger partial charge in [-0.3, -0.25) is 9.59 Å². The lowest BCUT2D eigenvalue weighted by molar-refractivity contribution is -0.116. The van der Waals surface area contributed by atoms with Crippen molar-refractivity contribution in [2.45, 2.75) is 32.1 Å². The van der Waals surface area contributed by atoms with Crippen LogP contribution in [0.15, 0.2) is 70.4 Å². The van der Waals surface area contributed by atoms with Crippen LogP contribution in [0.2, 0.25) is 5.02 Å². The number of halogens is 1. The Balaban J connectivity index is 1.65. The third kappa shape index (κ3) is 5.14. The number of anilines is 1. The number of ketones is 1. The van der Waals surface area contributed by atoms with E-state index >= 15 is 0 Å². The molecule has 1 aliphatic carbocycles. The number of rotatable bonds is 7. The Morgan fingerprint density at radius 2 is 2.09 bits per heavy atom. The quantitative estimate of drug-likeness (QED) is 0.526. The molecule has 0 saturated carbocycles. The molecule has 1 atom stereocenters. The van der Waals surface area contributed by atoms with E-state index in [2.05, 4.69) is 16.7 Å². The molecule has 1 aliphatic heterocycles. The fraction of sp³-hybridized carbons (Fsp3) is 0.269. The third-order valence-corrected chi connectivity index (χ3v) is 6.90. The van der Waals surface area contributed by atoms with Gasteiger partial charge in [-0.25, -0.2) is 0 Å². The molecule has 6 nitrogen and oxygen atoms in total. The maximum absolute atomic E-state index is 13.0. The lowest BCUT2D eigenvalue weighted by Crippen LogP contribution is -2.32. The number of carbonyl (C=O) groups is 2. The molecule has 1 amide bonds. The van der Waals surface area contributed by atoms with Crippen LogP contribution in [0.25, 0.3) is 0 Å². The highest BCUT2D eigenvalue weighted by Gasteiger charge is 2.38. The number of nitrogens with one attached hydrogen (secondary N) is 2. The van der Waals surface area contributed by atoms with E-state index in [0.717, 1.165) is 17.7 Å². The number of ether oxygens (including phenoxy) is 1. The molecule has 8 heteroatoms. The number of para-hydroxylation sites is 1. The van der Waals surface area contributed by atoms with Crippen LogP contribution in [0, 0.1) is 11.3 Å². The van der Waals surface area contributed by atoms with Crippen molar-refractivity contribution in [3.8, 4) is 11.8 Å². The molecule has 174 valence electrons. The van der Waals surface area contributed by atoms with Crippen LogP contribution >= 0.6 is 23.4 Å². The first kappa shape index (κ1) is 23.9. The highest BCUT2D eigenvalue weighted by molar-refractivity contribution is 8.03. The summed E-state index contributed by atoms with van der Waals surface area (Å²) >= 11 is 7.25. The molecule has 0 bridgehead atoms. The Morgan fingerprint density at radius 3 is 2.85 bits per heavy atom. The van der Waals surface area contributed by atoms with Crippen molar-refractivity contribution in [2.24, 2.45) is 0 Å². The zero-order valence-electron chi connectivity index (χ0n) is 18.7. The van der Waals surface area contributed by atoms with Gasteiger partial charge >= 0.3 is 0 Å². The summed E-state index contributed by atoms with van der Waals surface area (Å²) in [7, 11) is 0. The number of hydrogen-bond acceptors (Lipinski definition) is 6. The first-order chi connectivity index (χ1) is 16.5. The van der Waals surface area contributed by atoms with Crippen LogP contribution in [0.3, 0.4) is 0 Å². The Kier molecular flexibility index (Phi) is 7.61. The maximum atomic E-state index is 13.0. The average molecular weight is 494 g/mol. The molecule has 2 aliphatic rings. The molecule has 1 heterocycles. The number of benzene rings is 2. The predicted octanol–water partition coefficient (Wildman–Crippen LogP) is 5.54. The molecule has 2 aromatic rings. The van der Waals surface area contributed by atoms with Crippen molar-refractivity contribution in [2.75, 3.05) is 17.7 Å². The van der Waals surface area contributed by atoms with Crippen molar-refractivity contribution < 1.29 is 14.3 Å². The highest BCUT2D eigenvalue weighted by Crippen LogP contribution is 2.46. The van der Waals surface area contributed by atoms with E-state index in [1.54, 1.807) is 24.3 Å². The number of nitrogens with zero attached hydrogens (tertiary/aromatic N) is 1. The highest BCUT2D eigenvalue weighted by atomic mass is 35.5. The largest absolute Gasteiger partial charge is 0.494 e. The van der Waals surface area contributed by atoms with E-state index in [1.807, 2.05) is 31.2 Å². The molecular weight excluding hydrogens is 470 g/mol. The smallest absolute Gasteiger partial charge is 0.234 e. The first-order valence-electron chi connectivity index (χ1n) is 11.1. The zero-order valence-corrected chi connectivity index (χ0v) is 20.3. The molecule has 0 fully saturated rings. The topological polar surface area (TPSA) is 91.2 Å². The van der Waals surface area contributed by atoms with Gasteiger partial charge in [0.2, 0.25) is 5.91 Å². The van der Waals surface area contributed by atoms with Gasteiger partial charge in [0.05, 0.1) is 34.9 Å². The second-order valence-electron chi connectivity index (χ2n) is 7.90. The van der Waals surface area contributed by atoms with Crippen molar-refractivity contribution in [1.29, 1.82) is 5.26 Å². The number of nitriles is 1. The van der Waals surface area contributed by atoms with Gasteiger partial charge < -0.3 is 15.4 Å². The SMILES string of the molecule is CCOc1ccccc1[C@H]1C(C#N)=C(SCC(=O)Nc2cccc(Cl)c2)NC2=C1C(=O)CCC2. The summed E-state index contributed by atoms with van der Waals surface area (Å²) in [6.07, 6.45) is 1.92. The number of allylic oxidation sites excluding steroid dienone is 3. The van der Waals surface area contributed by atoms with Crippen LogP contribution in [-0.4, -0.2) is 24.1 Å². The Hall–Kier alpha value is -3.21. The second kappa shape index (κ2) is 10.8. The van der Waals surface area contributed by atoms with Crippen LogP contribution in [0.5, 0.6) is 5.75 Å². The Bertz CT molecular complexity index is 1230. The van der Waals surface area contributed by atoms with Gasteiger partial charge in [-0.2, -0.15) is 5.26 Å². The summed E-state index contributed by atoms with van der Waals surface area (Å²) < 4.78 is 5.84. The van der Waals surface area contributed by atoms with E-state index in [-0.39, 0.29) is 17.4 Å². The maximum Gasteiger partial charge on any atom is 0.234 e. The average Bonchev–Trinajstić information content (AvgIpc) is 2.82. The van der Waals surface area contributed by atoms with Gasteiger partial charge in [0.15, 0.2) is 5.78 Å². The first-order valence-corrected chi connectivity index (χ1v) is 12.5. The molecule has 0 radical (unpaired) electrons. The molecule has 0 saturated heterocycles. The van der Waals surface area contributed by atoms with E-state index in [1.165, 1.54) is 11.8 Å². The zero-order chi connectivity index (χ0) is 24.1. The minimum Gasteiger partial charge on any atom is -0.494 e. The molecule has 2 N–H and O–H groups in total. The van der Waals surface area contributed by atoms with Crippen molar-refractivity contribution in [1.82, 2.24) is 5.32 Å². The Morgan fingerprint density at radius 1 is 1.26 bits per heavy atom. The molecular formula is C26H24ClN3O3S. The summed E-state index contributed by atoms with van der Waals surface area (Å²) in [6, 6.07) is 16.8. The number of Topliss-reactive ketones (excluding diaryl/α,β-unsaturated/α-hetero) is 1. The molecule has 2 aromatic carbocycles. The number of dihydropyridines is 1. The van der Waals surface area contributed by atoms with Crippen LogP contribution in [-0.2, 0) is 9.59 Å². The van der Waals surface area contributed by atoms with Gasteiger partial charge in [-0.1, -0.05) is 47.6 Å². The van der Waals surface area contributed by atoms with Gasteiger partial charge in [0.1, 0.15) is 5.75 Å². The van der Waals surface area contributed by atoms with E-state index < -0.39 is 5.92 Å². The minimum atomic E-state index is -0.532.